The summed E-state index contributed by atoms with van der Waals surface area (Å²) in [5.41, 5.74) is 2.98. The van der Waals surface area contributed by atoms with Crippen molar-refractivity contribution in [2.75, 3.05) is 26.9 Å². The monoisotopic (exact) mass is 451 g/mol. The minimum absolute atomic E-state index is 0.00747. The molecule has 2 heterocycles. The molecule has 3 aromatic rings. The Morgan fingerprint density at radius 2 is 2.00 bits per heavy atom. The predicted molar refractivity (Wildman–Crippen MR) is 127 cm³/mol. The molecule has 1 amide bonds. The van der Waals surface area contributed by atoms with Crippen LogP contribution in [0.4, 0.5) is 0 Å². The van der Waals surface area contributed by atoms with Gasteiger partial charge in [0.15, 0.2) is 0 Å². The van der Waals surface area contributed by atoms with Crippen LogP contribution in [-0.4, -0.2) is 43.8 Å². The van der Waals surface area contributed by atoms with Crippen LogP contribution >= 0.6 is 11.3 Å². The van der Waals surface area contributed by atoms with Gasteiger partial charge in [-0.25, -0.2) is 0 Å². The maximum Gasteiger partial charge on any atom is 0.254 e. The molecule has 32 heavy (non-hydrogen) atoms. The lowest BCUT2D eigenvalue weighted by Crippen LogP contribution is -2.37. The molecule has 5 nitrogen and oxygen atoms in total. The smallest absolute Gasteiger partial charge is 0.254 e. The molecule has 1 aliphatic heterocycles. The van der Waals surface area contributed by atoms with E-state index in [1.807, 2.05) is 53.4 Å². The number of ether oxygens (including phenoxy) is 3. The number of hydrogen-bond donors (Lipinski definition) is 0. The van der Waals surface area contributed by atoms with Gasteiger partial charge in [0, 0.05) is 31.7 Å². The number of rotatable bonds is 10. The van der Waals surface area contributed by atoms with Gasteiger partial charge in [-0.15, -0.1) is 0 Å². The maximum atomic E-state index is 13.3. The molecule has 0 saturated carbocycles. The lowest BCUT2D eigenvalue weighted by Gasteiger charge is -2.26. The molecule has 2 aromatic carbocycles. The fraction of sp³-hybridized carbons (Fsp3) is 0.346. The van der Waals surface area contributed by atoms with E-state index in [0.717, 1.165) is 42.9 Å². The first kappa shape index (κ1) is 22.4. The number of carbonyl (C=O) groups is 1. The Balaban J connectivity index is 1.44. The number of thiophene rings is 1. The van der Waals surface area contributed by atoms with Crippen molar-refractivity contribution in [2.24, 2.45) is 0 Å². The number of carbonyl (C=O) groups excluding carboxylic acids is 1. The van der Waals surface area contributed by atoms with Crippen molar-refractivity contribution in [1.29, 1.82) is 0 Å². The molecule has 0 aliphatic carbocycles. The minimum atomic E-state index is -0.00747. The molecular weight excluding hydrogens is 422 g/mol. The summed E-state index contributed by atoms with van der Waals surface area (Å²) in [6.45, 7) is 2.48. The highest BCUT2D eigenvalue weighted by atomic mass is 32.1. The van der Waals surface area contributed by atoms with Crippen LogP contribution in [0, 0.1) is 0 Å². The SMILES string of the molecule is COc1ccc(C(=O)N(Cc2cccc(OCCc3ccsc3)c2)C[C@@H]2CCCO2)cc1. The standard InChI is InChI=1S/C26H29NO4S/c1-29-23-9-7-22(8-10-23)26(28)27(18-25-6-3-13-30-25)17-21-4-2-5-24(16-21)31-14-11-20-12-15-32-19-20/h2,4-5,7-10,12,15-16,19,25H,3,6,11,13-14,17-18H2,1H3/t25-/m0/s1. The summed E-state index contributed by atoms with van der Waals surface area (Å²) < 4.78 is 17.0. The lowest BCUT2D eigenvalue weighted by atomic mass is 10.1. The molecule has 0 bridgehead atoms. The van der Waals surface area contributed by atoms with Crippen molar-refractivity contribution in [1.82, 2.24) is 4.90 Å². The van der Waals surface area contributed by atoms with Gasteiger partial charge >= 0.3 is 0 Å². The third-order valence-electron chi connectivity index (χ3n) is 5.58. The summed E-state index contributed by atoms with van der Waals surface area (Å²) in [5, 5.41) is 4.23. The number of methoxy groups -OCH3 is 1. The molecule has 1 atom stereocenters. The third kappa shape index (κ3) is 6.11. The summed E-state index contributed by atoms with van der Waals surface area (Å²) in [6, 6.07) is 17.4. The number of benzene rings is 2. The van der Waals surface area contributed by atoms with E-state index < -0.39 is 0 Å². The normalized spacial score (nSPS) is 15.5. The second-order valence-electron chi connectivity index (χ2n) is 7.93. The highest BCUT2D eigenvalue weighted by molar-refractivity contribution is 7.07. The largest absolute Gasteiger partial charge is 0.497 e. The van der Waals surface area contributed by atoms with Crippen molar-refractivity contribution >= 4 is 17.2 Å². The van der Waals surface area contributed by atoms with Gasteiger partial charge in [-0.1, -0.05) is 12.1 Å². The van der Waals surface area contributed by atoms with Crippen LogP contribution in [0.25, 0.3) is 0 Å². The Hall–Kier alpha value is -2.83. The fourth-order valence-corrected chi connectivity index (χ4v) is 4.55. The van der Waals surface area contributed by atoms with Crippen molar-refractivity contribution in [3.8, 4) is 11.5 Å². The zero-order chi connectivity index (χ0) is 22.2. The van der Waals surface area contributed by atoms with E-state index >= 15 is 0 Å². The van der Waals surface area contributed by atoms with Crippen LogP contribution < -0.4 is 9.47 Å². The molecule has 0 spiro atoms. The van der Waals surface area contributed by atoms with E-state index in [1.165, 1.54) is 5.56 Å². The van der Waals surface area contributed by atoms with Crippen LogP contribution in [0.15, 0.2) is 65.4 Å². The zero-order valence-corrected chi connectivity index (χ0v) is 19.2. The Labute approximate surface area is 193 Å². The first-order chi connectivity index (χ1) is 15.7. The molecule has 1 aromatic heterocycles. The molecule has 168 valence electrons. The summed E-state index contributed by atoms with van der Waals surface area (Å²) >= 11 is 1.70. The molecule has 0 unspecified atom stereocenters. The van der Waals surface area contributed by atoms with Crippen LogP contribution in [0.5, 0.6) is 11.5 Å². The first-order valence-corrected chi connectivity index (χ1v) is 11.9. The molecule has 6 heteroatoms. The Kier molecular flexibility index (Phi) is 7.80. The van der Waals surface area contributed by atoms with Gasteiger partial charge in [0.05, 0.1) is 19.8 Å². The van der Waals surface area contributed by atoms with E-state index in [9.17, 15) is 4.79 Å². The average molecular weight is 452 g/mol. The third-order valence-corrected chi connectivity index (χ3v) is 6.32. The number of amides is 1. The Bertz CT molecular complexity index is 981. The predicted octanol–water partition coefficient (Wildman–Crippen LogP) is 5.20. The van der Waals surface area contributed by atoms with Crippen molar-refractivity contribution in [2.45, 2.75) is 31.9 Å². The van der Waals surface area contributed by atoms with Gasteiger partial charge in [-0.3, -0.25) is 4.79 Å². The maximum absolute atomic E-state index is 13.3. The zero-order valence-electron chi connectivity index (χ0n) is 18.4. The second kappa shape index (κ2) is 11.2. The molecule has 1 fully saturated rings. The van der Waals surface area contributed by atoms with Crippen molar-refractivity contribution in [3.05, 3.63) is 82.0 Å². The average Bonchev–Trinajstić information content (AvgIpc) is 3.53. The minimum Gasteiger partial charge on any atom is -0.497 e. The van der Waals surface area contributed by atoms with E-state index in [-0.39, 0.29) is 12.0 Å². The van der Waals surface area contributed by atoms with Crippen LogP contribution in [0.3, 0.4) is 0 Å². The molecule has 0 N–H and O–H groups in total. The molecular formula is C26H29NO4S. The van der Waals surface area contributed by atoms with E-state index in [1.54, 1.807) is 18.4 Å². The van der Waals surface area contributed by atoms with Gasteiger partial charge in [0.2, 0.25) is 0 Å². The Morgan fingerprint density at radius 3 is 2.72 bits per heavy atom. The van der Waals surface area contributed by atoms with Crippen molar-refractivity contribution in [3.63, 3.8) is 0 Å². The number of nitrogens with zero attached hydrogens (tertiary/aromatic N) is 1. The summed E-state index contributed by atoms with van der Waals surface area (Å²) in [6.07, 6.45) is 3.00. The van der Waals surface area contributed by atoms with Gasteiger partial charge in [0.1, 0.15) is 11.5 Å². The van der Waals surface area contributed by atoms with Gasteiger partial charge in [0.25, 0.3) is 5.91 Å². The topological polar surface area (TPSA) is 48.0 Å². The molecule has 1 saturated heterocycles. The van der Waals surface area contributed by atoms with Crippen LogP contribution in [0.1, 0.15) is 34.3 Å². The van der Waals surface area contributed by atoms with E-state index in [4.69, 9.17) is 14.2 Å². The summed E-state index contributed by atoms with van der Waals surface area (Å²) in [7, 11) is 1.62. The lowest BCUT2D eigenvalue weighted by molar-refractivity contribution is 0.0507. The Morgan fingerprint density at radius 1 is 1.12 bits per heavy atom. The molecule has 1 aliphatic rings. The molecule has 0 radical (unpaired) electrons. The fourth-order valence-electron chi connectivity index (χ4n) is 3.85. The second-order valence-corrected chi connectivity index (χ2v) is 8.71. The van der Waals surface area contributed by atoms with Crippen LogP contribution in [0.2, 0.25) is 0 Å². The highest BCUT2D eigenvalue weighted by Gasteiger charge is 2.24. The quantitative estimate of drug-likeness (QED) is 0.425. The van der Waals surface area contributed by atoms with E-state index in [2.05, 4.69) is 16.8 Å². The van der Waals surface area contributed by atoms with Gasteiger partial charge in [-0.2, -0.15) is 11.3 Å². The van der Waals surface area contributed by atoms with Crippen molar-refractivity contribution < 1.29 is 19.0 Å². The van der Waals surface area contributed by atoms with Gasteiger partial charge < -0.3 is 19.1 Å². The van der Waals surface area contributed by atoms with Gasteiger partial charge in [-0.05, 0) is 77.2 Å². The summed E-state index contributed by atoms with van der Waals surface area (Å²) in [4.78, 5) is 15.2. The summed E-state index contributed by atoms with van der Waals surface area (Å²) in [5.74, 6) is 1.55. The number of hydrogen-bond acceptors (Lipinski definition) is 5. The molecule has 4 rings (SSSR count). The first-order valence-electron chi connectivity index (χ1n) is 11.0. The van der Waals surface area contributed by atoms with Crippen LogP contribution in [-0.2, 0) is 17.7 Å². The highest BCUT2D eigenvalue weighted by Crippen LogP contribution is 2.21. The van der Waals surface area contributed by atoms with E-state index in [0.29, 0.717) is 25.3 Å².